The van der Waals surface area contributed by atoms with Crippen LogP contribution in [0, 0.1) is 19.3 Å². The number of benzene rings is 2. The zero-order valence-electron chi connectivity index (χ0n) is 16.1. The molecule has 2 amide bonds. The first-order valence-electron chi connectivity index (χ1n) is 9.26. The monoisotopic (exact) mass is 366 g/mol. The van der Waals surface area contributed by atoms with Crippen LogP contribution >= 0.6 is 0 Å². The molecule has 5 nitrogen and oxygen atoms in total. The van der Waals surface area contributed by atoms with E-state index in [-0.39, 0.29) is 11.8 Å². The second kappa shape index (κ2) is 7.82. The van der Waals surface area contributed by atoms with Crippen molar-refractivity contribution in [1.29, 1.82) is 0 Å². The number of anilines is 1. The van der Waals surface area contributed by atoms with Crippen LogP contribution in [0.1, 0.15) is 29.5 Å². The van der Waals surface area contributed by atoms with E-state index in [1.165, 1.54) is 0 Å². The van der Waals surface area contributed by atoms with Crippen molar-refractivity contribution < 1.29 is 14.3 Å². The molecule has 0 aliphatic heterocycles. The first-order valence-corrected chi connectivity index (χ1v) is 9.26. The van der Waals surface area contributed by atoms with Crippen LogP contribution in [0.4, 0.5) is 5.69 Å². The number of para-hydroxylation sites is 2. The van der Waals surface area contributed by atoms with Crippen LogP contribution in [-0.4, -0.2) is 25.5 Å². The Bertz CT molecular complexity index is 836. The molecule has 2 aromatic rings. The van der Waals surface area contributed by atoms with E-state index >= 15 is 0 Å². The zero-order valence-corrected chi connectivity index (χ0v) is 16.1. The Balaban J connectivity index is 1.60. The lowest BCUT2D eigenvalue weighted by Gasteiger charge is -2.18. The molecule has 0 aromatic heterocycles. The average molecular weight is 366 g/mol. The molecule has 3 rings (SSSR count). The Kier molecular flexibility index (Phi) is 5.49. The number of hydrogen-bond donors (Lipinski definition) is 2. The molecule has 27 heavy (non-hydrogen) atoms. The maximum atomic E-state index is 12.8. The fourth-order valence-corrected chi connectivity index (χ4v) is 3.32. The van der Waals surface area contributed by atoms with Crippen molar-refractivity contribution in [2.24, 2.45) is 5.41 Å². The molecule has 1 saturated carbocycles. The van der Waals surface area contributed by atoms with Gasteiger partial charge in [-0.25, -0.2) is 0 Å². The summed E-state index contributed by atoms with van der Waals surface area (Å²) in [4.78, 5) is 25.5. The maximum absolute atomic E-state index is 12.8. The van der Waals surface area contributed by atoms with Crippen LogP contribution in [-0.2, 0) is 16.0 Å². The molecule has 1 aliphatic carbocycles. The van der Waals surface area contributed by atoms with Crippen LogP contribution in [0.25, 0.3) is 0 Å². The molecule has 0 heterocycles. The highest BCUT2D eigenvalue weighted by Crippen LogP contribution is 2.47. The topological polar surface area (TPSA) is 67.4 Å². The zero-order chi connectivity index (χ0) is 19.4. The van der Waals surface area contributed by atoms with Crippen molar-refractivity contribution in [2.75, 3.05) is 19.0 Å². The van der Waals surface area contributed by atoms with Crippen molar-refractivity contribution >= 4 is 17.5 Å². The van der Waals surface area contributed by atoms with Crippen molar-refractivity contribution in [1.82, 2.24) is 5.32 Å². The summed E-state index contributed by atoms with van der Waals surface area (Å²) in [6.45, 7) is 4.38. The highest BCUT2D eigenvalue weighted by atomic mass is 16.5. The second-order valence-corrected chi connectivity index (χ2v) is 7.12. The molecular weight excluding hydrogens is 340 g/mol. The normalized spacial score (nSPS) is 14.3. The number of aryl methyl sites for hydroxylation is 2. The first-order chi connectivity index (χ1) is 13.0. The summed E-state index contributed by atoms with van der Waals surface area (Å²) in [6, 6.07) is 13.6. The molecule has 142 valence electrons. The maximum Gasteiger partial charge on any atom is 0.240 e. The summed E-state index contributed by atoms with van der Waals surface area (Å²) in [5.41, 5.74) is 2.89. The minimum Gasteiger partial charge on any atom is -0.496 e. The third kappa shape index (κ3) is 3.97. The van der Waals surface area contributed by atoms with Crippen LogP contribution in [0.15, 0.2) is 42.5 Å². The van der Waals surface area contributed by atoms with Crippen molar-refractivity contribution in [2.45, 2.75) is 33.1 Å². The molecule has 2 aromatic carbocycles. The number of nitrogens with one attached hydrogen (secondary N) is 2. The Morgan fingerprint density at radius 1 is 1.00 bits per heavy atom. The summed E-state index contributed by atoms with van der Waals surface area (Å²) < 4.78 is 5.33. The summed E-state index contributed by atoms with van der Waals surface area (Å²) in [5.74, 6) is 0.400. The van der Waals surface area contributed by atoms with Gasteiger partial charge in [0.05, 0.1) is 7.11 Å². The predicted octanol–water partition coefficient (Wildman–Crippen LogP) is 3.39. The van der Waals surface area contributed by atoms with E-state index in [0.717, 1.165) is 28.1 Å². The van der Waals surface area contributed by atoms with E-state index in [2.05, 4.69) is 10.6 Å². The standard InChI is InChI=1S/C22H26N2O3/c1-15-7-6-8-16(2)19(15)24-21(26)22(12-13-22)20(25)23-14-11-17-9-4-5-10-18(17)27-3/h4-10H,11-14H2,1-3H3,(H,23,25)(H,24,26). The quantitative estimate of drug-likeness (QED) is 0.738. The van der Waals surface area contributed by atoms with Gasteiger partial charge < -0.3 is 15.4 Å². The van der Waals surface area contributed by atoms with Gasteiger partial charge in [0.2, 0.25) is 11.8 Å². The predicted molar refractivity (Wildman–Crippen MR) is 106 cm³/mol. The molecule has 0 atom stereocenters. The SMILES string of the molecule is COc1ccccc1CCNC(=O)C1(C(=O)Nc2c(C)cccc2C)CC1. The van der Waals surface area contributed by atoms with E-state index in [1.54, 1.807) is 7.11 Å². The molecular formula is C22H26N2O3. The highest BCUT2D eigenvalue weighted by Gasteiger charge is 2.56. The Morgan fingerprint density at radius 3 is 2.30 bits per heavy atom. The van der Waals surface area contributed by atoms with Crippen molar-refractivity contribution in [3.05, 3.63) is 59.2 Å². The lowest BCUT2D eigenvalue weighted by Crippen LogP contribution is -2.40. The lowest BCUT2D eigenvalue weighted by atomic mass is 10.0. The van der Waals surface area contributed by atoms with E-state index in [4.69, 9.17) is 4.74 Å². The van der Waals surface area contributed by atoms with Crippen LogP contribution in [0.3, 0.4) is 0 Å². The Morgan fingerprint density at radius 2 is 1.67 bits per heavy atom. The molecule has 0 spiro atoms. The van der Waals surface area contributed by atoms with Gasteiger partial charge in [0.25, 0.3) is 0 Å². The van der Waals surface area contributed by atoms with E-state index < -0.39 is 5.41 Å². The van der Waals surface area contributed by atoms with Crippen molar-refractivity contribution in [3.8, 4) is 5.75 Å². The molecule has 0 saturated heterocycles. The van der Waals surface area contributed by atoms with Gasteiger partial charge in [0.15, 0.2) is 0 Å². The van der Waals surface area contributed by atoms with Gasteiger partial charge in [-0.3, -0.25) is 9.59 Å². The van der Waals surface area contributed by atoms with Gasteiger partial charge in [-0.15, -0.1) is 0 Å². The third-order valence-corrected chi connectivity index (χ3v) is 5.21. The molecule has 0 radical (unpaired) electrons. The minimum absolute atomic E-state index is 0.193. The summed E-state index contributed by atoms with van der Waals surface area (Å²) in [6.07, 6.45) is 1.83. The van der Waals surface area contributed by atoms with Gasteiger partial charge >= 0.3 is 0 Å². The number of methoxy groups -OCH3 is 1. The smallest absolute Gasteiger partial charge is 0.240 e. The number of amides is 2. The summed E-state index contributed by atoms with van der Waals surface area (Å²) >= 11 is 0. The molecule has 1 aliphatic rings. The summed E-state index contributed by atoms with van der Waals surface area (Å²) in [7, 11) is 1.63. The molecule has 2 N–H and O–H groups in total. The van der Waals surface area contributed by atoms with Crippen molar-refractivity contribution in [3.63, 3.8) is 0 Å². The van der Waals surface area contributed by atoms with Gasteiger partial charge in [-0.2, -0.15) is 0 Å². The number of carbonyl (C=O) groups is 2. The van der Waals surface area contributed by atoms with Crippen LogP contribution in [0.2, 0.25) is 0 Å². The summed E-state index contributed by atoms with van der Waals surface area (Å²) in [5, 5.41) is 5.89. The van der Waals surface area contributed by atoms with Gasteiger partial charge in [0, 0.05) is 12.2 Å². The molecule has 0 bridgehead atoms. The molecule has 0 unspecified atom stereocenters. The molecule has 1 fully saturated rings. The number of rotatable bonds is 7. The van der Waals surface area contributed by atoms with Crippen LogP contribution < -0.4 is 15.4 Å². The Hall–Kier alpha value is -2.82. The number of ether oxygens (including phenoxy) is 1. The van der Waals surface area contributed by atoms with E-state index in [9.17, 15) is 9.59 Å². The van der Waals surface area contributed by atoms with Gasteiger partial charge in [-0.1, -0.05) is 36.4 Å². The largest absolute Gasteiger partial charge is 0.496 e. The minimum atomic E-state index is -0.935. The number of hydrogen-bond acceptors (Lipinski definition) is 3. The third-order valence-electron chi connectivity index (χ3n) is 5.21. The first kappa shape index (κ1) is 19.0. The van der Waals surface area contributed by atoms with E-state index in [1.807, 2.05) is 56.3 Å². The fourth-order valence-electron chi connectivity index (χ4n) is 3.32. The lowest BCUT2D eigenvalue weighted by molar-refractivity contribution is -0.134. The van der Waals surface area contributed by atoms with Gasteiger partial charge in [0.1, 0.15) is 11.2 Å². The van der Waals surface area contributed by atoms with Gasteiger partial charge in [-0.05, 0) is 55.9 Å². The fraction of sp³-hybridized carbons (Fsp3) is 0.364. The van der Waals surface area contributed by atoms with Crippen LogP contribution in [0.5, 0.6) is 5.75 Å². The second-order valence-electron chi connectivity index (χ2n) is 7.12. The number of carbonyl (C=O) groups excluding carboxylic acids is 2. The Labute approximate surface area is 160 Å². The van der Waals surface area contributed by atoms with E-state index in [0.29, 0.717) is 25.8 Å². The average Bonchev–Trinajstić information content (AvgIpc) is 3.47. The molecule has 5 heteroatoms. The highest BCUT2D eigenvalue weighted by molar-refractivity contribution is 6.13.